The minimum absolute atomic E-state index is 0.0547. The number of carbonyl (C=O) groups excluding carboxylic acids is 1. The van der Waals surface area contributed by atoms with Crippen molar-refractivity contribution >= 4 is 13.8 Å². The van der Waals surface area contributed by atoms with E-state index >= 15 is 0 Å². The second kappa shape index (κ2) is 35.6. The first kappa shape index (κ1) is 49.6. The number of phosphoric acid groups is 1. The third kappa shape index (κ3) is 39.6. The number of rotatable bonds is 38. The Morgan fingerprint density at radius 3 is 1.51 bits per heavy atom. The predicted molar refractivity (Wildman–Crippen MR) is 215 cm³/mol. The highest BCUT2D eigenvalue weighted by Gasteiger charge is 2.25. The fraction of sp³-hybridized carbons (Fsp3) is 0.833. The van der Waals surface area contributed by atoms with E-state index in [0.29, 0.717) is 17.4 Å². The molecular formula is C42H81NO7P+. The van der Waals surface area contributed by atoms with Gasteiger partial charge in [-0.05, 0) is 76.7 Å². The Kier molecular flexibility index (Phi) is 34.6. The van der Waals surface area contributed by atoms with Crippen LogP contribution >= 0.6 is 7.82 Å². The third-order valence-corrected chi connectivity index (χ3v) is 9.75. The zero-order chi connectivity index (χ0) is 37.7. The monoisotopic (exact) mass is 743 g/mol. The number of hydrogen-bond donors (Lipinski definition) is 1. The van der Waals surface area contributed by atoms with Crippen LogP contribution in [0.5, 0.6) is 0 Å². The fourth-order valence-corrected chi connectivity index (χ4v) is 6.15. The highest BCUT2D eigenvalue weighted by molar-refractivity contribution is 7.47. The average molecular weight is 743 g/mol. The standard InChI is InChI=1S/C42H80NO7P/c1-6-8-10-12-14-16-18-20-21-22-24-26-28-30-32-34-37-47-41(40-50-51(45,46)49-38-36-43(3,4)5)39-48-42(44)35-33-31-29-27-25-23-19-17-15-13-11-9-7-2/h16-19,34,37,41H,6-15,20-33,35-36,38-40H2,1-5H3/p+1/b18-16-,19-17-,37-34-. The number of nitrogens with zero attached hydrogens (tertiary/aromatic N) is 1. The summed E-state index contributed by atoms with van der Waals surface area (Å²) >= 11 is 0. The summed E-state index contributed by atoms with van der Waals surface area (Å²) in [4.78, 5) is 22.6. The molecule has 0 bridgehead atoms. The zero-order valence-corrected chi connectivity index (χ0v) is 34.7. The normalized spacial score (nSPS) is 14.2. The largest absolute Gasteiger partial charge is 0.492 e. The first-order valence-electron chi connectivity index (χ1n) is 20.8. The molecular weight excluding hydrogens is 661 g/mol. The van der Waals surface area contributed by atoms with Gasteiger partial charge in [0.2, 0.25) is 0 Å². The van der Waals surface area contributed by atoms with Gasteiger partial charge < -0.3 is 18.9 Å². The van der Waals surface area contributed by atoms with Gasteiger partial charge >= 0.3 is 13.8 Å². The smallest absolute Gasteiger partial charge is 0.472 e. The molecule has 2 atom stereocenters. The maximum absolute atomic E-state index is 12.4. The molecule has 0 aliphatic heterocycles. The van der Waals surface area contributed by atoms with Crippen LogP contribution in [0, 0.1) is 0 Å². The van der Waals surface area contributed by atoms with Gasteiger partial charge in [-0.15, -0.1) is 0 Å². The quantitative estimate of drug-likeness (QED) is 0.0168. The van der Waals surface area contributed by atoms with Crippen molar-refractivity contribution < 1.29 is 37.3 Å². The van der Waals surface area contributed by atoms with Gasteiger partial charge in [0.25, 0.3) is 0 Å². The Balaban J connectivity index is 4.34. The van der Waals surface area contributed by atoms with Crippen LogP contribution < -0.4 is 0 Å². The first-order chi connectivity index (χ1) is 24.6. The van der Waals surface area contributed by atoms with Gasteiger partial charge in [-0.3, -0.25) is 13.8 Å². The molecule has 0 aromatic carbocycles. The van der Waals surface area contributed by atoms with Gasteiger partial charge in [0.05, 0.1) is 34.0 Å². The molecule has 0 amide bonds. The molecule has 0 fully saturated rings. The topological polar surface area (TPSA) is 91.3 Å². The van der Waals surface area contributed by atoms with Crippen molar-refractivity contribution in [1.82, 2.24) is 0 Å². The Morgan fingerprint density at radius 1 is 0.608 bits per heavy atom. The summed E-state index contributed by atoms with van der Waals surface area (Å²) in [6.07, 6.45) is 41.3. The van der Waals surface area contributed by atoms with E-state index in [4.69, 9.17) is 18.5 Å². The second-order valence-electron chi connectivity index (χ2n) is 15.1. The molecule has 0 aromatic heterocycles. The number of hydrogen-bond acceptors (Lipinski definition) is 6. The lowest BCUT2D eigenvalue weighted by atomic mass is 10.1. The summed E-state index contributed by atoms with van der Waals surface area (Å²) in [6, 6.07) is 0. The van der Waals surface area contributed by atoms with Crippen LogP contribution in [0.3, 0.4) is 0 Å². The van der Waals surface area contributed by atoms with Gasteiger partial charge in [-0.1, -0.05) is 122 Å². The minimum Gasteiger partial charge on any atom is -0.492 e. The molecule has 0 saturated heterocycles. The van der Waals surface area contributed by atoms with E-state index in [1.807, 2.05) is 27.2 Å². The molecule has 1 N–H and O–H groups in total. The molecule has 0 heterocycles. The van der Waals surface area contributed by atoms with Gasteiger partial charge in [-0.25, -0.2) is 4.57 Å². The van der Waals surface area contributed by atoms with Crippen LogP contribution in [0.1, 0.15) is 174 Å². The second-order valence-corrected chi connectivity index (χ2v) is 16.5. The summed E-state index contributed by atoms with van der Waals surface area (Å²) < 4.78 is 34.7. The summed E-state index contributed by atoms with van der Waals surface area (Å²) in [5, 5.41) is 0. The van der Waals surface area contributed by atoms with Gasteiger partial charge in [0, 0.05) is 6.42 Å². The lowest BCUT2D eigenvalue weighted by Crippen LogP contribution is -2.37. The number of ether oxygens (including phenoxy) is 2. The molecule has 300 valence electrons. The van der Waals surface area contributed by atoms with Crippen LogP contribution in [-0.2, 0) is 27.9 Å². The molecule has 8 nitrogen and oxygen atoms in total. The average Bonchev–Trinajstić information content (AvgIpc) is 3.08. The maximum atomic E-state index is 12.4. The number of carbonyl (C=O) groups is 1. The molecule has 9 heteroatoms. The Morgan fingerprint density at radius 2 is 1.04 bits per heavy atom. The van der Waals surface area contributed by atoms with Crippen molar-refractivity contribution in [2.75, 3.05) is 47.5 Å². The minimum atomic E-state index is -4.26. The lowest BCUT2D eigenvalue weighted by molar-refractivity contribution is -0.870. The van der Waals surface area contributed by atoms with E-state index in [9.17, 15) is 14.3 Å². The van der Waals surface area contributed by atoms with E-state index in [2.05, 4.69) is 38.2 Å². The SMILES string of the molecule is CCCCCC/C=C\CCCCCCCC/C=C\OC(COC(=O)CCCCCCC/C=C\CCCCCC)COP(=O)(O)OCC[N+](C)(C)C. The number of esters is 1. The van der Waals surface area contributed by atoms with Crippen LogP contribution in [0.4, 0.5) is 0 Å². The summed E-state index contributed by atoms with van der Waals surface area (Å²) in [7, 11) is 1.66. The van der Waals surface area contributed by atoms with Crippen molar-refractivity contribution in [1.29, 1.82) is 0 Å². The van der Waals surface area contributed by atoms with Crippen LogP contribution in [-0.4, -0.2) is 69.0 Å². The van der Waals surface area contributed by atoms with Crippen LogP contribution in [0.15, 0.2) is 36.6 Å². The van der Waals surface area contributed by atoms with Gasteiger partial charge in [0.15, 0.2) is 6.10 Å². The molecule has 0 aliphatic carbocycles. The molecule has 0 rings (SSSR count). The highest BCUT2D eigenvalue weighted by Crippen LogP contribution is 2.43. The van der Waals surface area contributed by atoms with E-state index in [1.54, 1.807) is 6.26 Å². The van der Waals surface area contributed by atoms with Crippen molar-refractivity contribution in [2.45, 2.75) is 180 Å². The molecule has 0 aromatic rings. The van der Waals surface area contributed by atoms with E-state index < -0.39 is 13.9 Å². The third-order valence-electron chi connectivity index (χ3n) is 8.76. The van der Waals surface area contributed by atoms with Gasteiger partial charge in [-0.2, -0.15) is 0 Å². The number of phosphoric ester groups is 1. The van der Waals surface area contributed by atoms with E-state index in [1.165, 1.54) is 116 Å². The van der Waals surface area contributed by atoms with Crippen molar-refractivity contribution in [2.24, 2.45) is 0 Å². The summed E-state index contributed by atoms with van der Waals surface area (Å²) in [5.41, 5.74) is 0. The van der Waals surface area contributed by atoms with Crippen LogP contribution in [0.2, 0.25) is 0 Å². The maximum Gasteiger partial charge on any atom is 0.472 e. The Bertz CT molecular complexity index is 915. The summed E-state index contributed by atoms with van der Waals surface area (Å²) in [6.45, 7) is 4.86. The highest BCUT2D eigenvalue weighted by atomic mass is 31.2. The predicted octanol–water partition coefficient (Wildman–Crippen LogP) is 12.2. The number of unbranched alkanes of at least 4 members (excludes halogenated alkanes) is 20. The molecule has 0 spiro atoms. The number of likely N-dealkylation sites (N-methyl/N-ethyl adjacent to an activating group) is 1. The molecule has 0 radical (unpaired) electrons. The van der Waals surface area contributed by atoms with E-state index in [-0.39, 0.29) is 25.8 Å². The van der Waals surface area contributed by atoms with Crippen molar-refractivity contribution in [3.05, 3.63) is 36.6 Å². The molecule has 2 unspecified atom stereocenters. The van der Waals surface area contributed by atoms with E-state index in [0.717, 1.165) is 38.5 Å². The van der Waals surface area contributed by atoms with Crippen molar-refractivity contribution in [3.63, 3.8) is 0 Å². The van der Waals surface area contributed by atoms with Gasteiger partial charge in [0.1, 0.15) is 19.8 Å². The molecule has 0 aliphatic rings. The van der Waals surface area contributed by atoms with Crippen molar-refractivity contribution in [3.8, 4) is 0 Å². The molecule has 0 saturated carbocycles. The fourth-order valence-electron chi connectivity index (χ4n) is 5.41. The number of allylic oxidation sites excluding steroid dienone is 5. The number of quaternary nitrogens is 1. The lowest BCUT2D eigenvalue weighted by Gasteiger charge is -2.24. The van der Waals surface area contributed by atoms with Crippen LogP contribution in [0.25, 0.3) is 0 Å². The zero-order valence-electron chi connectivity index (χ0n) is 33.8. The Labute approximate surface area is 315 Å². The summed E-state index contributed by atoms with van der Waals surface area (Å²) in [5.74, 6) is -0.289. The molecule has 51 heavy (non-hydrogen) atoms. The first-order valence-corrected chi connectivity index (χ1v) is 22.3. The Hall–Kier alpha value is -1.44.